The van der Waals surface area contributed by atoms with E-state index in [-0.39, 0.29) is 0 Å². The lowest BCUT2D eigenvalue weighted by atomic mass is 10.2. The maximum Gasteiger partial charge on any atom is 0.183 e. The topological polar surface area (TPSA) is 57.4 Å². The lowest BCUT2D eigenvalue weighted by molar-refractivity contribution is 0.349. The summed E-state index contributed by atoms with van der Waals surface area (Å²) in [7, 11) is 3.17. The van der Waals surface area contributed by atoms with Crippen molar-refractivity contribution >= 4 is 0 Å². The number of hydrogen-bond acceptors (Lipinski definition) is 4. The fraction of sp³-hybridized carbons (Fsp3) is 0.444. The zero-order chi connectivity index (χ0) is 9.84. The molecule has 0 radical (unpaired) electrons. The molecule has 1 heterocycles. The highest BCUT2D eigenvalue weighted by Gasteiger charge is 2.10. The van der Waals surface area contributed by atoms with E-state index < -0.39 is 0 Å². The van der Waals surface area contributed by atoms with Crippen LogP contribution in [0.3, 0.4) is 0 Å². The van der Waals surface area contributed by atoms with Crippen LogP contribution in [-0.2, 0) is 6.54 Å². The Morgan fingerprint density at radius 2 is 2.08 bits per heavy atom. The minimum atomic E-state index is 0.348. The molecule has 0 aliphatic rings. The van der Waals surface area contributed by atoms with Gasteiger partial charge in [0.1, 0.15) is 0 Å². The molecule has 1 rings (SSSR count). The van der Waals surface area contributed by atoms with Gasteiger partial charge < -0.3 is 15.2 Å². The molecule has 4 heteroatoms. The van der Waals surface area contributed by atoms with Gasteiger partial charge in [-0.3, -0.25) is 4.98 Å². The minimum Gasteiger partial charge on any atom is -0.493 e. The van der Waals surface area contributed by atoms with E-state index in [1.165, 1.54) is 0 Å². The summed E-state index contributed by atoms with van der Waals surface area (Å²) >= 11 is 0. The van der Waals surface area contributed by atoms with E-state index in [1.54, 1.807) is 14.2 Å². The van der Waals surface area contributed by atoms with E-state index in [0.29, 0.717) is 18.0 Å². The first-order valence-electron chi connectivity index (χ1n) is 4.01. The van der Waals surface area contributed by atoms with Crippen LogP contribution in [0.4, 0.5) is 0 Å². The van der Waals surface area contributed by atoms with E-state index in [0.717, 1.165) is 11.4 Å². The standard InChI is InChI=1S/C9H14N2O2/c1-6-4-8(12-2)9(13-3)7(5-10)11-6/h4H,5,10H2,1-3H3. The van der Waals surface area contributed by atoms with Gasteiger partial charge >= 0.3 is 0 Å². The highest BCUT2D eigenvalue weighted by atomic mass is 16.5. The van der Waals surface area contributed by atoms with Gasteiger partial charge in [0, 0.05) is 18.3 Å². The first-order chi connectivity index (χ1) is 6.22. The minimum absolute atomic E-state index is 0.348. The number of methoxy groups -OCH3 is 2. The van der Waals surface area contributed by atoms with Gasteiger partial charge in [-0.05, 0) is 6.92 Å². The number of nitrogens with zero attached hydrogens (tertiary/aromatic N) is 1. The van der Waals surface area contributed by atoms with Gasteiger partial charge in [0.05, 0.1) is 19.9 Å². The molecule has 0 fully saturated rings. The second-order valence-corrected chi connectivity index (χ2v) is 2.65. The van der Waals surface area contributed by atoms with Crippen molar-refractivity contribution < 1.29 is 9.47 Å². The third kappa shape index (κ3) is 1.89. The maximum atomic E-state index is 5.52. The van der Waals surface area contributed by atoms with Crippen LogP contribution in [0.5, 0.6) is 11.5 Å². The molecule has 1 aromatic rings. The molecule has 4 nitrogen and oxygen atoms in total. The monoisotopic (exact) mass is 182 g/mol. The van der Waals surface area contributed by atoms with Crippen LogP contribution in [0, 0.1) is 6.92 Å². The number of ether oxygens (including phenoxy) is 2. The lowest BCUT2D eigenvalue weighted by Crippen LogP contribution is -2.05. The van der Waals surface area contributed by atoms with Crippen molar-refractivity contribution in [1.29, 1.82) is 0 Å². The van der Waals surface area contributed by atoms with Crippen molar-refractivity contribution in [3.63, 3.8) is 0 Å². The van der Waals surface area contributed by atoms with Crippen LogP contribution in [-0.4, -0.2) is 19.2 Å². The van der Waals surface area contributed by atoms with Gasteiger partial charge in [-0.2, -0.15) is 0 Å². The lowest BCUT2D eigenvalue weighted by Gasteiger charge is -2.11. The zero-order valence-electron chi connectivity index (χ0n) is 8.13. The van der Waals surface area contributed by atoms with Gasteiger partial charge in [-0.15, -0.1) is 0 Å². The van der Waals surface area contributed by atoms with Crippen molar-refractivity contribution in [3.05, 3.63) is 17.5 Å². The molecule has 0 saturated carbocycles. The molecule has 2 N–H and O–H groups in total. The smallest absolute Gasteiger partial charge is 0.183 e. The summed E-state index contributed by atoms with van der Waals surface area (Å²) in [6.45, 7) is 2.24. The van der Waals surface area contributed by atoms with Crippen LogP contribution in [0.25, 0.3) is 0 Å². The molecule has 1 aromatic heterocycles. The Morgan fingerprint density at radius 1 is 1.38 bits per heavy atom. The molecule has 0 atom stereocenters. The highest BCUT2D eigenvalue weighted by Crippen LogP contribution is 2.29. The molecule has 0 aliphatic heterocycles. The number of rotatable bonds is 3. The van der Waals surface area contributed by atoms with E-state index >= 15 is 0 Å². The fourth-order valence-corrected chi connectivity index (χ4v) is 1.20. The molecule has 13 heavy (non-hydrogen) atoms. The van der Waals surface area contributed by atoms with Crippen LogP contribution in [0.15, 0.2) is 6.07 Å². The van der Waals surface area contributed by atoms with Crippen LogP contribution < -0.4 is 15.2 Å². The Labute approximate surface area is 77.7 Å². The number of hydrogen-bond donors (Lipinski definition) is 1. The third-order valence-corrected chi connectivity index (χ3v) is 1.75. The first kappa shape index (κ1) is 9.80. The quantitative estimate of drug-likeness (QED) is 0.753. The van der Waals surface area contributed by atoms with E-state index in [9.17, 15) is 0 Å². The van der Waals surface area contributed by atoms with Crippen LogP contribution in [0.2, 0.25) is 0 Å². The number of aromatic nitrogens is 1. The van der Waals surface area contributed by atoms with Crippen molar-refractivity contribution in [2.24, 2.45) is 5.73 Å². The number of pyridine rings is 1. The summed E-state index contributed by atoms with van der Waals surface area (Å²) in [5.74, 6) is 1.30. The van der Waals surface area contributed by atoms with Gasteiger partial charge in [-0.1, -0.05) is 0 Å². The maximum absolute atomic E-state index is 5.52. The third-order valence-electron chi connectivity index (χ3n) is 1.75. The van der Waals surface area contributed by atoms with Gasteiger partial charge in [0.25, 0.3) is 0 Å². The number of nitrogens with two attached hydrogens (primary N) is 1. The average molecular weight is 182 g/mol. The molecule has 0 aliphatic carbocycles. The summed E-state index contributed by atoms with van der Waals surface area (Å²) in [5, 5.41) is 0. The molecule has 0 aromatic carbocycles. The SMILES string of the molecule is COc1cc(C)nc(CN)c1OC. The van der Waals surface area contributed by atoms with Crippen molar-refractivity contribution in [2.75, 3.05) is 14.2 Å². The van der Waals surface area contributed by atoms with E-state index in [1.807, 2.05) is 13.0 Å². The Kier molecular flexibility index (Phi) is 3.08. The van der Waals surface area contributed by atoms with Crippen molar-refractivity contribution in [3.8, 4) is 11.5 Å². The van der Waals surface area contributed by atoms with E-state index in [2.05, 4.69) is 4.98 Å². The predicted molar refractivity (Wildman–Crippen MR) is 50.0 cm³/mol. The van der Waals surface area contributed by atoms with Gasteiger partial charge in [0.15, 0.2) is 11.5 Å². The Balaban J connectivity index is 3.25. The summed E-state index contributed by atoms with van der Waals surface area (Å²) in [4.78, 5) is 4.24. The molecule has 0 amide bonds. The summed E-state index contributed by atoms with van der Waals surface area (Å²) < 4.78 is 10.3. The second-order valence-electron chi connectivity index (χ2n) is 2.65. The van der Waals surface area contributed by atoms with E-state index in [4.69, 9.17) is 15.2 Å². The van der Waals surface area contributed by atoms with Crippen molar-refractivity contribution in [1.82, 2.24) is 4.98 Å². The van der Waals surface area contributed by atoms with Gasteiger partial charge in [-0.25, -0.2) is 0 Å². The zero-order valence-corrected chi connectivity index (χ0v) is 8.13. The Bertz CT molecular complexity index is 275. The van der Waals surface area contributed by atoms with Crippen molar-refractivity contribution in [2.45, 2.75) is 13.5 Å². The van der Waals surface area contributed by atoms with Crippen LogP contribution >= 0.6 is 0 Å². The Morgan fingerprint density at radius 3 is 2.54 bits per heavy atom. The molecular weight excluding hydrogens is 168 g/mol. The number of aryl methyl sites for hydroxylation is 1. The second kappa shape index (κ2) is 4.09. The Hall–Kier alpha value is -1.29. The van der Waals surface area contributed by atoms with Gasteiger partial charge in [0.2, 0.25) is 0 Å². The average Bonchev–Trinajstić information content (AvgIpc) is 2.16. The highest BCUT2D eigenvalue weighted by molar-refractivity contribution is 5.44. The summed E-state index contributed by atoms with van der Waals surface area (Å²) in [6, 6.07) is 1.82. The molecular formula is C9H14N2O2. The normalized spacial score (nSPS) is 9.85. The molecule has 0 saturated heterocycles. The first-order valence-corrected chi connectivity index (χ1v) is 4.01. The molecule has 72 valence electrons. The molecule has 0 unspecified atom stereocenters. The summed E-state index contributed by atoms with van der Waals surface area (Å²) in [5.41, 5.74) is 7.12. The largest absolute Gasteiger partial charge is 0.493 e. The molecule has 0 spiro atoms. The summed E-state index contributed by atoms with van der Waals surface area (Å²) in [6.07, 6.45) is 0. The predicted octanol–water partition coefficient (Wildman–Crippen LogP) is 0.866. The fourth-order valence-electron chi connectivity index (χ4n) is 1.20. The van der Waals surface area contributed by atoms with Crippen LogP contribution in [0.1, 0.15) is 11.4 Å². The molecule has 0 bridgehead atoms.